The minimum atomic E-state index is -3.06. The molecule has 1 unspecified atom stereocenters. The molecule has 0 aromatic heterocycles. The Morgan fingerprint density at radius 3 is 2.43 bits per heavy atom. The summed E-state index contributed by atoms with van der Waals surface area (Å²) in [6.07, 6.45) is 2.29. The molecule has 1 atom stereocenters. The minimum Gasteiger partial charge on any atom is -0.490 e. The van der Waals surface area contributed by atoms with Crippen LogP contribution in [0.5, 0.6) is 11.5 Å². The highest BCUT2D eigenvalue weighted by molar-refractivity contribution is 5.68. The highest BCUT2D eigenvalue weighted by Gasteiger charge is 2.39. The molecule has 126 valence electrons. The van der Waals surface area contributed by atoms with Crippen LogP contribution < -0.4 is 9.47 Å². The number of aliphatic carboxylic acids is 1. The van der Waals surface area contributed by atoms with E-state index in [2.05, 4.69) is 0 Å². The van der Waals surface area contributed by atoms with Crippen molar-refractivity contribution in [1.29, 1.82) is 0 Å². The van der Waals surface area contributed by atoms with Crippen LogP contribution in [0, 0.1) is 5.92 Å². The van der Waals surface area contributed by atoms with Crippen LogP contribution in [0.3, 0.4) is 0 Å². The average molecular weight is 326 g/mol. The molecule has 1 aromatic rings. The molecule has 1 N–H and O–H groups in total. The number of fused-ring (bicyclic) bond motifs is 1. The first-order valence-electron chi connectivity index (χ1n) is 7.90. The number of hydrogen-bond donors (Lipinski definition) is 1. The van der Waals surface area contributed by atoms with Crippen molar-refractivity contribution in [2.75, 3.05) is 13.2 Å². The molecule has 23 heavy (non-hydrogen) atoms. The van der Waals surface area contributed by atoms with Crippen LogP contribution >= 0.6 is 0 Å². The number of hydrogen-bond acceptors (Lipinski definition) is 3. The van der Waals surface area contributed by atoms with E-state index in [0.717, 1.165) is 19.8 Å². The summed E-state index contributed by atoms with van der Waals surface area (Å²) in [5, 5.41) is 9.16. The fourth-order valence-corrected chi connectivity index (χ4v) is 3.13. The van der Waals surface area contributed by atoms with Gasteiger partial charge in [0.2, 0.25) is 0 Å². The summed E-state index contributed by atoms with van der Waals surface area (Å²) in [5.74, 6) is -3.55. The second-order valence-corrected chi connectivity index (χ2v) is 6.37. The smallest absolute Gasteiger partial charge is 0.303 e. The molecule has 4 nitrogen and oxygen atoms in total. The maximum Gasteiger partial charge on any atom is 0.303 e. The van der Waals surface area contributed by atoms with Gasteiger partial charge in [0.05, 0.1) is 19.6 Å². The van der Waals surface area contributed by atoms with Gasteiger partial charge in [-0.3, -0.25) is 4.79 Å². The van der Waals surface area contributed by atoms with E-state index in [0.29, 0.717) is 36.7 Å². The van der Waals surface area contributed by atoms with Crippen LogP contribution in [-0.2, 0) is 10.7 Å². The predicted octanol–water partition coefficient (Wildman–Crippen LogP) is 3.93. The Morgan fingerprint density at radius 1 is 1.30 bits per heavy atom. The lowest BCUT2D eigenvalue weighted by Crippen LogP contribution is -2.17. The molecule has 1 saturated carbocycles. The third-order valence-electron chi connectivity index (χ3n) is 4.38. The number of rotatable bonds is 5. The average Bonchev–Trinajstić information content (AvgIpc) is 3.29. The van der Waals surface area contributed by atoms with Crippen molar-refractivity contribution in [2.24, 2.45) is 5.92 Å². The Labute approximate surface area is 133 Å². The largest absolute Gasteiger partial charge is 0.490 e. The Hall–Kier alpha value is -1.85. The molecule has 0 bridgehead atoms. The van der Waals surface area contributed by atoms with Crippen molar-refractivity contribution in [1.82, 2.24) is 0 Å². The maximum atomic E-state index is 14.1. The Morgan fingerprint density at radius 2 is 1.91 bits per heavy atom. The van der Waals surface area contributed by atoms with Gasteiger partial charge in [0.25, 0.3) is 5.92 Å². The lowest BCUT2D eigenvalue weighted by atomic mass is 9.85. The summed E-state index contributed by atoms with van der Waals surface area (Å²) in [4.78, 5) is 11.2. The summed E-state index contributed by atoms with van der Waals surface area (Å²) in [7, 11) is 0. The van der Waals surface area contributed by atoms with Crippen LogP contribution in [-0.4, -0.2) is 24.3 Å². The monoisotopic (exact) mass is 326 g/mol. The predicted molar refractivity (Wildman–Crippen MR) is 79.3 cm³/mol. The van der Waals surface area contributed by atoms with E-state index in [4.69, 9.17) is 14.6 Å². The summed E-state index contributed by atoms with van der Waals surface area (Å²) >= 11 is 0. The molecule has 1 heterocycles. The molecule has 3 rings (SSSR count). The molecular formula is C17H20F2O4. The summed E-state index contributed by atoms with van der Waals surface area (Å²) in [6.45, 7) is 1.71. The highest BCUT2D eigenvalue weighted by atomic mass is 19.3. The van der Waals surface area contributed by atoms with Gasteiger partial charge in [-0.05, 0) is 42.4 Å². The van der Waals surface area contributed by atoms with E-state index in [-0.39, 0.29) is 17.9 Å². The summed E-state index contributed by atoms with van der Waals surface area (Å²) in [5.41, 5.74) is 0.228. The van der Waals surface area contributed by atoms with Crippen molar-refractivity contribution in [3.05, 3.63) is 23.3 Å². The quantitative estimate of drug-likeness (QED) is 0.891. The second-order valence-electron chi connectivity index (χ2n) is 6.37. The Kier molecular flexibility index (Phi) is 4.17. The van der Waals surface area contributed by atoms with Crippen LogP contribution in [0.4, 0.5) is 8.78 Å². The molecule has 1 aromatic carbocycles. The van der Waals surface area contributed by atoms with Crippen LogP contribution in [0.1, 0.15) is 49.7 Å². The van der Waals surface area contributed by atoms with Gasteiger partial charge < -0.3 is 14.6 Å². The summed E-state index contributed by atoms with van der Waals surface area (Å²) < 4.78 is 39.3. The fraction of sp³-hybridized carbons (Fsp3) is 0.588. The van der Waals surface area contributed by atoms with Gasteiger partial charge in [0.1, 0.15) is 0 Å². The normalized spacial score (nSPS) is 19.1. The van der Waals surface area contributed by atoms with Crippen molar-refractivity contribution in [3.63, 3.8) is 0 Å². The maximum absolute atomic E-state index is 14.1. The Balaban J connectivity index is 2.08. The first kappa shape index (κ1) is 16.0. The third kappa shape index (κ3) is 3.57. The third-order valence-corrected chi connectivity index (χ3v) is 4.38. The zero-order valence-corrected chi connectivity index (χ0v) is 13.0. The number of halogens is 2. The molecule has 0 amide bonds. The van der Waals surface area contributed by atoms with Crippen molar-refractivity contribution < 1.29 is 28.2 Å². The molecule has 6 heteroatoms. The zero-order chi connectivity index (χ0) is 16.6. The first-order valence-corrected chi connectivity index (χ1v) is 7.90. The van der Waals surface area contributed by atoms with Crippen molar-refractivity contribution >= 4 is 5.97 Å². The molecule has 0 spiro atoms. The molecular weight excluding hydrogens is 306 g/mol. The standard InChI is InChI=1S/C17H20F2O4/c1-17(18,19)13-9-15-14(22-5-2-6-23-15)7-12(13)11(8-16(20)21)10-3-4-10/h7,9-11H,2-6,8H2,1H3,(H,20,21). The molecule has 0 radical (unpaired) electrons. The number of alkyl halides is 2. The van der Waals surface area contributed by atoms with Crippen LogP contribution in [0.2, 0.25) is 0 Å². The first-order chi connectivity index (χ1) is 10.9. The number of ether oxygens (including phenoxy) is 2. The van der Waals surface area contributed by atoms with Gasteiger partial charge >= 0.3 is 5.97 Å². The van der Waals surface area contributed by atoms with Gasteiger partial charge in [0, 0.05) is 18.9 Å². The SMILES string of the molecule is CC(F)(F)c1cc2c(cc1C(CC(=O)O)C1CC1)OCCCO2. The molecule has 2 aliphatic rings. The van der Waals surface area contributed by atoms with E-state index >= 15 is 0 Å². The van der Waals surface area contributed by atoms with Gasteiger partial charge in [-0.15, -0.1) is 0 Å². The number of carbonyl (C=O) groups is 1. The molecule has 1 aliphatic carbocycles. The van der Waals surface area contributed by atoms with Gasteiger partial charge in [-0.25, -0.2) is 8.78 Å². The zero-order valence-electron chi connectivity index (χ0n) is 13.0. The van der Waals surface area contributed by atoms with E-state index in [1.54, 1.807) is 6.07 Å². The second kappa shape index (κ2) is 5.98. The number of benzene rings is 1. The molecule has 1 aliphatic heterocycles. The van der Waals surface area contributed by atoms with Gasteiger partial charge in [-0.1, -0.05) is 0 Å². The molecule has 1 fully saturated rings. The van der Waals surface area contributed by atoms with Gasteiger partial charge in [-0.2, -0.15) is 0 Å². The van der Waals surface area contributed by atoms with Crippen molar-refractivity contribution in [3.8, 4) is 11.5 Å². The van der Waals surface area contributed by atoms with Crippen LogP contribution in [0.15, 0.2) is 12.1 Å². The molecule has 0 saturated heterocycles. The van der Waals surface area contributed by atoms with Crippen LogP contribution in [0.25, 0.3) is 0 Å². The van der Waals surface area contributed by atoms with E-state index < -0.39 is 17.8 Å². The van der Waals surface area contributed by atoms with E-state index in [1.807, 2.05) is 0 Å². The number of carboxylic acids is 1. The fourth-order valence-electron chi connectivity index (χ4n) is 3.13. The Bertz CT molecular complexity index is 605. The summed E-state index contributed by atoms with van der Waals surface area (Å²) in [6, 6.07) is 2.90. The number of carboxylic acid groups (broad SMARTS) is 1. The topological polar surface area (TPSA) is 55.8 Å². The van der Waals surface area contributed by atoms with Crippen molar-refractivity contribution in [2.45, 2.75) is 44.4 Å². The minimum absolute atomic E-state index is 0.145. The van der Waals surface area contributed by atoms with E-state index in [9.17, 15) is 13.6 Å². The lowest BCUT2D eigenvalue weighted by molar-refractivity contribution is -0.137. The van der Waals surface area contributed by atoms with E-state index in [1.165, 1.54) is 6.07 Å². The van der Waals surface area contributed by atoms with Gasteiger partial charge in [0.15, 0.2) is 11.5 Å². The lowest BCUT2D eigenvalue weighted by Gasteiger charge is -2.24. The highest BCUT2D eigenvalue weighted by Crippen LogP contribution is 2.50.